The van der Waals surface area contributed by atoms with Crippen molar-refractivity contribution in [3.8, 4) is 67.4 Å². The Morgan fingerprint density at radius 2 is 0.923 bits per heavy atom. The van der Waals surface area contributed by atoms with E-state index in [1.54, 1.807) is 0 Å². The van der Waals surface area contributed by atoms with Crippen molar-refractivity contribution in [3.05, 3.63) is 194 Å². The molecule has 1 aliphatic rings. The van der Waals surface area contributed by atoms with Gasteiger partial charge in [0.25, 0.3) is 0 Å². The predicted octanol–water partition coefficient (Wildman–Crippen LogP) is 13.6. The fourth-order valence-electron chi connectivity index (χ4n) is 7.56. The van der Waals surface area contributed by atoms with Crippen molar-refractivity contribution in [3.63, 3.8) is 0 Å². The third-order valence-corrected chi connectivity index (χ3v) is 10.0. The minimum absolute atomic E-state index is 0.642. The van der Waals surface area contributed by atoms with Crippen LogP contribution < -0.4 is 4.90 Å². The van der Waals surface area contributed by atoms with Crippen LogP contribution >= 0.6 is 0 Å². The molecule has 3 nitrogen and oxygen atoms in total. The van der Waals surface area contributed by atoms with Gasteiger partial charge in [-0.3, -0.25) is 0 Å². The highest BCUT2D eigenvalue weighted by Crippen LogP contribution is 2.52. The van der Waals surface area contributed by atoms with Gasteiger partial charge in [-0.1, -0.05) is 140 Å². The minimum Gasteiger partial charge on any atom is -0.435 e. The van der Waals surface area contributed by atoms with Crippen LogP contribution in [0.1, 0.15) is 0 Å². The van der Waals surface area contributed by atoms with Gasteiger partial charge in [0.1, 0.15) is 5.69 Å². The molecule has 244 valence electrons. The van der Waals surface area contributed by atoms with Gasteiger partial charge in [-0.2, -0.15) is 0 Å². The average molecular weight is 665 g/mol. The van der Waals surface area contributed by atoms with Crippen molar-refractivity contribution >= 4 is 27.8 Å². The minimum atomic E-state index is 0.642. The maximum absolute atomic E-state index is 6.51. The van der Waals surface area contributed by atoms with E-state index in [9.17, 15) is 0 Å². The SMILES string of the molecule is c1ccc(-c2ccc(N(c3cc(-c4ccccc4)cc(-c4ccccc4)c3)c3ccc4c5c(cccc35)-c3oc(-c5ccccc5)nc3-4)cc2)cc1. The lowest BCUT2D eigenvalue weighted by Gasteiger charge is -2.28. The summed E-state index contributed by atoms with van der Waals surface area (Å²) < 4.78 is 6.51. The van der Waals surface area contributed by atoms with Crippen LogP contribution in [0.5, 0.6) is 0 Å². The molecule has 0 aliphatic heterocycles. The molecular weight excluding hydrogens is 633 g/mol. The number of nitrogens with zero attached hydrogens (tertiary/aromatic N) is 2. The fourth-order valence-corrected chi connectivity index (χ4v) is 7.56. The Hall–Kier alpha value is -6.97. The molecular formula is C49H32N2O. The molecule has 0 N–H and O–H groups in total. The van der Waals surface area contributed by atoms with Crippen LogP contribution in [-0.2, 0) is 0 Å². The number of oxazole rings is 1. The lowest BCUT2D eigenvalue weighted by molar-refractivity contribution is 0.590. The largest absolute Gasteiger partial charge is 0.435 e. The summed E-state index contributed by atoms with van der Waals surface area (Å²) in [6.45, 7) is 0. The molecule has 0 spiro atoms. The summed E-state index contributed by atoms with van der Waals surface area (Å²) in [7, 11) is 0. The Balaban J connectivity index is 1.19. The highest BCUT2D eigenvalue weighted by atomic mass is 16.4. The zero-order chi connectivity index (χ0) is 34.4. The zero-order valence-corrected chi connectivity index (χ0v) is 28.3. The topological polar surface area (TPSA) is 29.3 Å². The maximum Gasteiger partial charge on any atom is 0.227 e. The normalized spacial score (nSPS) is 11.5. The number of rotatable bonds is 7. The summed E-state index contributed by atoms with van der Waals surface area (Å²) in [5.74, 6) is 1.47. The van der Waals surface area contributed by atoms with Crippen LogP contribution in [0.25, 0.3) is 78.2 Å². The van der Waals surface area contributed by atoms with E-state index >= 15 is 0 Å². The van der Waals surface area contributed by atoms with Gasteiger partial charge in [0.15, 0.2) is 5.76 Å². The van der Waals surface area contributed by atoms with Crippen LogP contribution in [0.15, 0.2) is 199 Å². The fraction of sp³-hybridized carbons (Fsp3) is 0. The average Bonchev–Trinajstić information content (AvgIpc) is 3.80. The van der Waals surface area contributed by atoms with Crippen LogP contribution in [0.3, 0.4) is 0 Å². The number of hydrogen-bond acceptors (Lipinski definition) is 3. The zero-order valence-electron chi connectivity index (χ0n) is 28.3. The number of aromatic nitrogens is 1. The van der Waals surface area contributed by atoms with Crippen molar-refractivity contribution in [2.75, 3.05) is 4.90 Å². The molecule has 10 rings (SSSR count). The molecule has 0 amide bonds. The molecule has 0 saturated carbocycles. The molecule has 9 aromatic rings. The Morgan fingerprint density at radius 3 is 1.52 bits per heavy atom. The van der Waals surface area contributed by atoms with E-state index in [2.05, 4.69) is 169 Å². The second-order valence-electron chi connectivity index (χ2n) is 13.2. The maximum atomic E-state index is 6.51. The molecule has 8 aromatic carbocycles. The smallest absolute Gasteiger partial charge is 0.227 e. The number of hydrogen-bond donors (Lipinski definition) is 0. The van der Waals surface area contributed by atoms with Gasteiger partial charge in [0, 0.05) is 38.8 Å². The van der Waals surface area contributed by atoms with Crippen LogP contribution in [0.2, 0.25) is 0 Å². The first-order chi connectivity index (χ1) is 25.8. The molecule has 1 aliphatic carbocycles. The van der Waals surface area contributed by atoms with E-state index in [-0.39, 0.29) is 0 Å². The summed E-state index contributed by atoms with van der Waals surface area (Å²) in [6.07, 6.45) is 0. The second-order valence-corrected chi connectivity index (χ2v) is 13.2. The van der Waals surface area contributed by atoms with Gasteiger partial charge in [-0.05, 0) is 88.0 Å². The molecule has 0 bridgehead atoms. The molecule has 1 aromatic heterocycles. The molecule has 0 unspecified atom stereocenters. The van der Waals surface area contributed by atoms with Crippen molar-refractivity contribution in [2.45, 2.75) is 0 Å². The van der Waals surface area contributed by atoms with E-state index < -0.39 is 0 Å². The molecule has 3 heteroatoms. The third kappa shape index (κ3) is 5.10. The summed E-state index contributed by atoms with van der Waals surface area (Å²) in [4.78, 5) is 7.44. The second kappa shape index (κ2) is 12.4. The predicted molar refractivity (Wildman–Crippen MR) is 215 cm³/mol. The Kier molecular flexibility index (Phi) is 7.14. The number of anilines is 3. The summed E-state index contributed by atoms with van der Waals surface area (Å²) in [5, 5.41) is 2.30. The monoisotopic (exact) mass is 664 g/mol. The lowest BCUT2D eigenvalue weighted by Crippen LogP contribution is -2.11. The molecule has 1 heterocycles. The van der Waals surface area contributed by atoms with E-state index in [4.69, 9.17) is 9.40 Å². The Bertz CT molecular complexity index is 2620. The van der Waals surface area contributed by atoms with Gasteiger partial charge in [0.05, 0.1) is 5.69 Å². The number of benzene rings is 8. The van der Waals surface area contributed by atoms with Crippen molar-refractivity contribution < 1.29 is 4.42 Å². The van der Waals surface area contributed by atoms with Gasteiger partial charge in [-0.25, -0.2) is 4.98 Å². The highest BCUT2D eigenvalue weighted by Gasteiger charge is 2.30. The van der Waals surface area contributed by atoms with Gasteiger partial charge >= 0.3 is 0 Å². The van der Waals surface area contributed by atoms with Gasteiger partial charge < -0.3 is 9.32 Å². The summed E-state index contributed by atoms with van der Waals surface area (Å²) in [6, 6.07) is 68.8. The standard InChI is InChI=1S/C49H32N2O/c1-5-14-33(15-6-1)36-24-26-40(27-25-36)51(41-31-38(34-16-7-2-8-17-34)30-39(32-41)35-18-9-3-10-19-35)45-29-28-43-46-42(45)22-13-23-44(46)48-47(43)50-49(52-48)37-20-11-4-12-21-37/h1-32H. The first-order valence-corrected chi connectivity index (χ1v) is 17.6. The quantitative estimate of drug-likeness (QED) is 0.170. The van der Waals surface area contributed by atoms with Crippen molar-refractivity contribution in [1.29, 1.82) is 0 Å². The molecule has 52 heavy (non-hydrogen) atoms. The van der Waals surface area contributed by atoms with E-state index in [0.29, 0.717) is 5.89 Å². The summed E-state index contributed by atoms with van der Waals surface area (Å²) >= 11 is 0. The summed E-state index contributed by atoms with van der Waals surface area (Å²) in [5.41, 5.74) is 14.3. The first-order valence-electron chi connectivity index (χ1n) is 17.6. The first kappa shape index (κ1) is 29.9. The van der Waals surface area contributed by atoms with E-state index in [1.807, 2.05) is 30.3 Å². The molecule has 0 radical (unpaired) electrons. The number of fused-ring (bicyclic) bond motifs is 3. The molecule has 0 fully saturated rings. The highest BCUT2D eigenvalue weighted by molar-refractivity contribution is 6.17. The van der Waals surface area contributed by atoms with Crippen molar-refractivity contribution in [2.24, 2.45) is 0 Å². The Labute approximate surface area is 302 Å². The third-order valence-electron chi connectivity index (χ3n) is 10.0. The molecule has 0 saturated heterocycles. The lowest BCUT2D eigenvalue weighted by atomic mass is 9.96. The van der Waals surface area contributed by atoms with E-state index in [0.717, 1.165) is 67.1 Å². The Morgan fingerprint density at radius 1 is 0.385 bits per heavy atom. The molecule has 0 atom stereocenters. The van der Waals surface area contributed by atoms with Crippen molar-refractivity contribution in [1.82, 2.24) is 4.98 Å². The van der Waals surface area contributed by atoms with E-state index in [1.165, 1.54) is 22.3 Å². The van der Waals surface area contributed by atoms with Gasteiger partial charge in [0.2, 0.25) is 5.89 Å². The van der Waals surface area contributed by atoms with Crippen LogP contribution in [0, 0.1) is 0 Å². The van der Waals surface area contributed by atoms with Crippen LogP contribution in [0.4, 0.5) is 17.1 Å². The van der Waals surface area contributed by atoms with Gasteiger partial charge in [-0.15, -0.1) is 0 Å². The van der Waals surface area contributed by atoms with Crippen LogP contribution in [-0.4, -0.2) is 4.98 Å².